The zero-order valence-electron chi connectivity index (χ0n) is 51.1. The van der Waals surface area contributed by atoms with Gasteiger partial charge in [0.1, 0.15) is 13.2 Å². The van der Waals surface area contributed by atoms with Crippen LogP contribution in [-0.2, 0) is 18.4 Å². The number of nitrogens with zero attached hydrogens (tertiary/aromatic N) is 1. The number of aliphatic hydroxyl groups excluding tert-OH is 1. The van der Waals surface area contributed by atoms with E-state index in [4.69, 9.17) is 9.05 Å². The van der Waals surface area contributed by atoms with E-state index in [1.54, 1.807) is 6.08 Å². The Morgan fingerprint density at radius 3 is 1.07 bits per heavy atom. The number of carbonyl (C=O) groups excluding carboxylic acids is 1. The summed E-state index contributed by atoms with van der Waals surface area (Å²) in [5.74, 6) is -0.179. The Hall–Kier alpha value is -1.02. The third-order valence-electron chi connectivity index (χ3n) is 15.4. The Kier molecular flexibility index (Phi) is 56.9. The quantitative estimate of drug-likeness (QED) is 0.0243. The Labute approximate surface area is 468 Å². The highest BCUT2D eigenvalue weighted by Gasteiger charge is 2.28. The minimum absolute atomic E-state index is 0.0589. The van der Waals surface area contributed by atoms with Crippen molar-refractivity contribution >= 4 is 13.7 Å². The molecule has 0 fully saturated rings. The number of phosphoric acid groups is 1. The number of hydrogen-bond donors (Lipinski definition) is 3. The van der Waals surface area contributed by atoms with Crippen LogP contribution in [0.5, 0.6) is 0 Å². The molecule has 446 valence electrons. The summed E-state index contributed by atoms with van der Waals surface area (Å²) < 4.78 is 23.7. The molecule has 1 amide bonds. The molecule has 0 saturated heterocycles. The lowest BCUT2D eigenvalue weighted by Crippen LogP contribution is -2.45. The summed E-state index contributed by atoms with van der Waals surface area (Å²) in [7, 11) is 1.57. The first-order valence-corrected chi connectivity index (χ1v) is 34.7. The van der Waals surface area contributed by atoms with E-state index in [1.165, 1.54) is 283 Å². The molecule has 0 radical (unpaired) electrons. The third kappa shape index (κ3) is 60.5. The van der Waals surface area contributed by atoms with E-state index in [0.29, 0.717) is 17.4 Å². The van der Waals surface area contributed by atoms with E-state index in [0.717, 1.165) is 38.5 Å². The van der Waals surface area contributed by atoms with E-state index < -0.39 is 20.0 Å². The normalized spacial score (nSPS) is 13.9. The molecule has 0 saturated carbocycles. The Bertz CT molecular complexity index is 1270. The second kappa shape index (κ2) is 57.7. The van der Waals surface area contributed by atoms with Gasteiger partial charge in [0.25, 0.3) is 0 Å². The van der Waals surface area contributed by atoms with Gasteiger partial charge in [0, 0.05) is 6.42 Å². The first-order chi connectivity index (χ1) is 36.5. The highest BCUT2D eigenvalue weighted by atomic mass is 31.2. The highest BCUT2D eigenvalue weighted by Crippen LogP contribution is 2.43. The highest BCUT2D eigenvalue weighted by molar-refractivity contribution is 7.47. The van der Waals surface area contributed by atoms with E-state index in [9.17, 15) is 19.4 Å². The molecule has 0 aliphatic carbocycles. The number of rotatable bonds is 62. The molecule has 0 aromatic heterocycles. The fraction of sp³-hybridized carbons (Fsp3) is 0.924. The number of likely N-dealkylation sites (N-methyl/N-ethyl adjacent to an activating group) is 1. The number of phosphoric ester groups is 1. The Morgan fingerprint density at radius 1 is 0.440 bits per heavy atom. The van der Waals surface area contributed by atoms with E-state index >= 15 is 0 Å². The second-order valence-electron chi connectivity index (χ2n) is 24.2. The number of hydrogen-bond acceptors (Lipinski definition) is 5. The minimum Gasteiger partial charge on any atom is -0.387 e. The van der Waals surface area contributed by atoms with Crippen molar-refractivity contribution < 1.29 is 32.9 Å². The molecule has 0 aromatic rings. The van der Waals surface area contributed by atoms with Crippen LogP contribution in [0.3, 0.4) is 0 Å². The average molecular weight is 1080 g/mol. The largest absolute Gasteiger partial charge is 0.472 e. The maximum absolute atomic E-state index is 13.0. The van der Waals surface area contributed by atoms with Gasteiger partial charge in [0.15, 0.2) is 0 Å². The van der Waals surface area contributed by atoms with Gasteiger partial charge in [-0.3, -0.25) is 13.8 Å². The van der Waals surface area contributed by atoms with Crippen LogP contribution >= 0.6 is 7.82 Å². The number of amides is 1. The molecule has 0 rings (SSSR count). The second-order valence-corrected chi connectivity index (χ2v) is 25.7. The van der Waals surface area contributed by atoms with Crippen LogP contribution in [0.1, 0.15) is 341 Å². The van der Waals surface area contributed by atoms with E-state index in [2.05, 4.69) is 31.3 Å². The molecule has 0 bridgehead atoms. The van der Waals surface area contributed by atoms with Crippen LogP contribution in [0.25, 0.3) is 0 Å². The first kappa shape index (κ1) is 74.0. The fourth-order valence-corrected chi connectivity index (χ4v) is 11.0. The summed E-state index contributed by atoms with van der Waals surface area (Å²) >= 11 is 0. The average Bonchev–Trinajstić information content (AvgIpc) is 3.37. The molecule has 8 nitrogen and oxygen atoms in total. The van der Waals surface area contributed by atoms with Crippen LogP contribution in [0.15, 0.2) is 24.3 Å². The summed E-state index contributed by atoms with van der Waals surface area (Å²) in [4.78, 5) is 23.4. The molecule has 0 aliphatic rings. The maximum Gasteiger partial charge on any atom is 0.472 e. The van der Waals surface area contributed by atoms with Crippen molar-refractivity contribution in [1.82, 2.24) is 5.32 Å². The zero-order chi connectivity index (χ0) is 54.9. The van der Waals surface area contributed by atoms with Crippen molar-refractivity contribution in [3.8, 4) is 0 Å². The van der Waals surface area contributed by atoms with Crippen molar-refractivity contribution in [3.05, 3.63) is 24.3 Å². The van der Waals surface area contributed by atoms with Crippen molar-refractivity contribution in [2.75, 3.05) is 40.9 Å². The summed E-state index contributed by atoms with van der Waals surface area (Å²) in [6, 6.07) is -0.861. The molecule has 3 N–H and O–H groups in total. The van der Waals surface area contributed by atoms with Gasteiger partial charge >= 0.3 is 7.82 Å². The van der Waals surface area contributed by atoms with Gasteiger partial charge in [-0.15, -0.1) is 0 Å². The monoisotopic (exact) mass is 1080 g/mol. The summed E-state index contributed by atoms with van der Waals surface area (Å²) in [6.45, 7) is 4.85. The van der Waals surface area contributed by atoms with Crippen LogP contribution in [-0.4, -0.2) is 73.4 Å². The van der Waals surface area contributed by atoms with E-state index in [1.807, 2.05) is 27.2 Å². The van der Waals surface area contributed by atoms with Crippen LogP contribution in [0.2, 0.25) is 0 Å². The number of aliphatic hydroxyl groups is 1. The molecule has 0 aliphatic heterocycles. The standard InChI is InChI=1S/C66H131N2O6P/c1-6-8-10-12-14-16-18-20-22-24-26-27-28-29-30-31-32-33-34-35-36-37-38-39-40-42-44-46-48-50-52-54-56-58-60-66(70)67-64(63-74-75(71,72)73-62-61-68(3,4)5)65(69)59-57-55-53-51-49-47-45-43-41-25-23-21-19-17-15-13-11-9-7-2/h49,51,57,59,64-65,69H,6-48,50,52-56,58,60-63H2,1-5H3,(H-,67,70,71,72)/p+1/b51-49+,59-57+. The fourth-order valence-electron chi connectivity index (χ4n) is 10.2. The Morgan fingerprint density at radius 2 is 0.733 bits per heavy atom. The number of quaternary nitrogens is 1. The van der Waals surface area contributed by atoms with Gasteiger partial charge in [-0.05, 0) is 32.1 Å². The first-order valence-electron chi connectivity index (χ1n) is 33.2. The SMILES string of the molecule is CCCCCCCCCCCCCCC/C=C/CC/C=C/C(O)C(COP(=O)(O)OCC[N+](C)(C)C)NC(=O)CCCCCCCCCCCCCCCCCCCCCCCCCCCCCCCCCCCC. The predicted molar refractivity (Wildman–Crippen MR) is 328 cm³/mol. The minimum atomic E-state index is -4.35. The lowest BCUT2D eigenvalue weighted by Gasteiger charge is -2.25. The van der Waals surface area contributed by atoms with Gasteiger partial charge in [0.05, 0.1) is 39.9 Å². The van der Waals surface area contributed by atoms with E-state index in [-0.39, 0.29) is 19.1 Å². The molecule has 75 heavy (non-hydrogen) atoms. The number of nitrogens with one attached hydrogen (secondary N) is 1. The lowest BCUT2D eigenvalue weighted by atomic mass is 10.0. The molecule has 3 atom stereocenters. The molecule has 0 heterocycles. The molecular weight excluding hydrogens is 948 g/mol. The van der Waals surface area contributed by atoms with Crippen LogP contribution in [0.4, 0.5) is 0 Å². The molecule has 3 unspecified atom stereocenters. The van der Waals surface area contributed by atoms with Crippen molar-refractivity contribution in [2.24, 2.45) is 0 Å². The topological polar surface area (TPSA) is 105 Å². The molecule has 0 spiro atoms. The van der Waals surface area contributed by atoms with Gasteiger partial charge in [-0.1, -0.05) is 327 Å². The maximum atomic E-state index is 13.0. The van der Waals surface area contributed by atoms with Crippen LogP contribution in [0, 0.1) is 0 Å². The number of allylic oxidation sites excluding steroid dienone is 3. The van der Waals surface area contributed by atoms with Gasteiger partial charge in [-0.25, -0.2) is 4.57 Å². The Balaban J connectivity index is 4.00. The molecule has 9 heteroatoms. The van der Waals surface area contributed by atoms with Gasteiger partial charge in [0.2, 0.25) is 5.91 Å². The summed E-state index contributed by atoms with van der Waals surface area (Å²) in [6.07, 6.45) is 74.7. The third-order valence-corrected chi connectivity index (χ3v) is 16.4. The summed E-state index contributed by atoms with van der Waals surface area (Å²) in [5, 5.41) is 13.9. The summed E-state index contributed by atoms with van der Waals surface area (Å²) in [5.41, 5.74) is 0. The van der Waals surface area contributed by atoms with Crippen molar-refractivity contribution in [3.63, 3.8) is 0 Å². The van der Waals surface area contributed by atoms with Crippen LogP contribution < -0.4 is 5.32 Å². The predicted octanol–water partition coefficient (Wildman–Crippen LogP) is 20.7. The number of unbranched alkanes of at least 4 members (excludes halogenated alkanes) is 47. The molecule has 0 aromatic carbocycles. The molecular formula is C66H132N2O6P+. The van der Waals surface area contributed by atoms with Crippen molar-refractivity contribution in [1.29, 1.82) is 0 Å². The van der Waals surface area contributed by atoms with Gasteiger partial charge < -0.3 is 19.8 Å². The van der Waals surface area contributed by atoms with Crippen molar-refractivity contribution in [2.45, 2.75) is 353 Å². The zero-order valence-corrected chi connectivity index (χ0v) is 52.0. The van der Waals surface area contributed by atoms with Gasteiger partial charge in [-0.2, -0.15) is 0 Å². The lowest BCUT2D eigenvalue weighted by molar-refractivity contribution is -0.870. The number of carbonyl (C=O) groups is 1. The smallest absolute Gasteiger partial charge is 0.387 e.